The van der Waals surface area contributed by atoms with Gasteiger partial charge in [-0.25, -0.2) is 4.98 Å². The van der Waals surface area contributed by atoms with Crippen molar-refractivity contribution in [2.24, 2.45) is 0 Å². The summed E-state index contributed by atoms with van der Waals surface area (Å²) in [5.41, 5.74) is 3.43. The SMILES string of the molecule is Cc1ccc2cc(C(=O)Nc3ccc4sc(C)nc4c3)oc2c1. The van der Waals surface area contributed by atoms with Crippen LogP contribution in [-0.4, -0.2) is 10.9 Å². The second-order valence-corrected chi connectivity index (χ2v) is 6.76. The molecule has 4 aromatic rings. The van der Waals surface area contributed by atoms with Gasteiger partial charge in [0.2, 0.25) is 0 Å². The van der Waals surface area contributed by atoms with Gasteiger partial charge in [-0.2, -0.15) is 0 Å². The molecular weight excluding hydrogens is 308 g/mol. The van der Waals surface area contributed by atoms with E-state index in [9.17, 15) is 4.79 Å². The Hall–Kier alpha value is -2.66. The summed E-state index contributed by atoms with van der Waals surface area (Å²) in [5, 5.41) is 4.80. The van der Waals surface area contributed by atoms with E-state index in [0.29, 0.717) is 11.4 Å². The van der Waals surface area contributed by atoms with E-state index >= 15 is 0 Å². The summed E-state index contributed by atoms with van der Waals surface area (Å²) < 4.78 is 6.76. The molecule has 1 N–H and O–H groups in total. The van der Waals surface area contributed by atoms with Gasteiger partial charge in [0.1, 0.15) is 5.58 Å². The monoisotopic (exact) mass is 322 g/mol. The van der Waals surface area contributed by atoms with Gasteiger partial charge in [-0.05, 0) is 49.7 Å². The number of rotatable bonds is 2. The zero-order chi connectivity index (χ0) is 16.0. The molecule has 0 unspecified atom stereocenters. The molecule has 0 saturated carbocycles. The van der Waals surface area contributed by atoms with Crippen molar-refractivity contribution in [2.45, 2.75) is 13.8 Å². The number of anilines is 1. The van der Waals surface area contributed by atoms with Gasteiger partial charge < -0.3 is 9.73 Å². The summed E-state index contributed by atoms with van der Waals surface area (Å²) in [5.74, 6) is 0.0466. The lowest BCUT2D eigenvalue weighted by Crippen LogP contribution is -2.10. The van der Waals surface area contributed by atoms with Crippen LogP contribution >= 0.6 is 11.3 Å². The summed E-state index contributed by atoms with van der Waals surface area (Å²) >= 11 is 1.64. The van der Waals surface area contributed by atoms with E-state index < -0.39 is 0 Å². The van der Waals surface area contributed by atoms with Crippen LogP contribution in [-0.2, 0) is 0 Å². The van der Waals surface area contributed by atoms with E-state index in [1.54, 1.807) is 17.4 Å². The van der Waals surface area contributed by atoms with Crippen molar-refractivity contribution in [2.75, 3.05) is 5.32 Å². The number of furan rings is 1. The number of amides is 1. The molecule has 0 bridgehead atoms. The number of aryl methyl sites for hydroxylation is 2. The lowest BCUT2D eigenvalue weighted by molar-refractivity contribution is 0.0998. The van der Waals surface area contributed by atoms with Gasteiger partial charge >= 0.3 is 0 Å². The number of carbonyl (C=O) groups is 1. The molecule has 4 nitrogen and oxygen atoms in total. The number of hydrogen-bond donors (Lipinski definition) is 1. The van der Waals surface area contributed by atoms with E-state index in [4.69, 9.17) is 4.42 Å². The minimum atomic E-state index is -0.259. The first-order valence-electron chi connectivity index (χ1n) is 7.27. The average molecular weight is 322 g/mol. The van der Waals surface area contributed by atoms with Gasteiger partial charge in [0.15, 0.2) is 5.76 Å². The molecule has 2 heterocycles. The Labute approximate surface area is 136 Å². The van der Waals surface area contributed by atoms with E-state index in [1.807, 2.05) is 50.2 Å². The number of carbonyl (C=O) groups excluding carboxylic acids is 1. The molecule has 0 saturated heterocycles. The fraction of sp³-hybridized carbons (Fsp3) is 0.111. The Balaban J connectivity index is 1.64. The number of nitrogens with one attached hydrogen (secondary N) is 1. The fourth-order valence-electron chi connectivity index (χ4n) is 2.56. The van der Waals surface area contributed by atoms with Crippen LogP contribution in [0.25, 0.3) is 21.2 Å². The van der Waals surface area contributed by atoms with Crippen molar-refractivity contribution < 1.29 is 9.21 Å². The molecule has 0 atom stereocenters. The van der Waals surface area contributed by atoms with Crippen LogP contribution in [0.5, 0.6) is 0 Å². The van der Waals surface area contributed by atoms with Gasteiger partial charge in [0.25, 0.3) is 5.91 Å². The highest BCUT2D eigenvalue weighted by Crippen LogP contribution is 2.25. The summed E-state index contributed by atoms with van der Waals surface area (Å²) in [6.45, 7) is 3.96. The Bertz CT molecular complexity index is 1050. The van der Waals surface area contributed by atoms with Crippen molar-refractivity contribution >= 4 is 44.1 Å². The second kappa shape index (κ2) is 5.21. The third kappa shape index (κ3) is 2.59. The first-order chi connectivity index (χ1) is 11.1. The summed E-state index contributed by atoms with van der Waals surface area (Å²) in [7, 11) is 0. The predicted octanol–water partition coefficient (Wildman–Crippen LogP) is 4.91. The van der Waals surface area contributed by atoms with Crippen LogP contribution in [0.3, 0.4) is 0 Å². The first-order valence-corrected chi connectivity index (χ1v) is 8.09. The second-order valence-electron chi connectivity index (χ2n) is 5.52. The van der Waals surface area contributed by atoms with E-state index in [2.05, 4.69) is 10.3 Å². The number of nitrogens with zero attached hydrogens (tertiary/aromatic N) is 1. The third-order valence-electron chi connectivity index (χ3n) is 3.65. The molecule has 5 heteroatoms. The number of fused-ring (bicyclic) bond motifs is 2. The fourth-order valence-corrected chi connectivity index (χ4v) is 3.37. The highest BCUT2D eigenvalue weighted by Gasteiger charge is 2.13. The first kappa shape index (κ1) is 14.0. The quantitative estimate of drug-likeness (QED) is 0.570. The van der Waals surface area contributed by atoms with E-state index in [-0.39, 0.29) is 5.91 Å². The standard InChI is InChI=1S/C18H14N2O2S/c1-10-3-4-12-8-16(22-15(12)7-10)18(21)20-13-5-6-17-14(9-13)19-11(2)23-17/h3-9H,1-2H3,(H,20,21). The molecule has 2 aromatic heterocycles. The predicted molar refractivity (Wildman–Crippen MR) is 93.3 cm³/mol. The maximum atomic E-state index is 12.4. The van der Waals surface area contributed by atoms with Crippen molar-refractivity contribution in [3.8, 4) is 0 Å². The van der Waals surface area contributed by atoms with E-state index in [1.165, 1.54) is 0 Å². The molecule has 4 rings (SSSR count). The molecule has 0 aliphatic rings. The summed E-state index contributed by atoms with van der Waals surface area (Å²) in [6, 6.07) is 13.4. The normalized spacial score (nSPS) is 11.2. The molecule has 2 aromatic carbocycles. The average Bonchev–Trinajstić information content (AvgIpc) is 3.08. The molecule has 0 aliphatic carbocycles. The van der Waals surface area contributed by atoms with Gasteiger partial charge in [0.05, 0.1) is 15.2 Å². The minimum Gasteiger partial charge on any atom is -0.451 e. The molecular formula is C18H14N2O2S. The summed E-state index contributed by atoms with van der Waals surface area (Å²) in [6.07, 6.45) is 0. The van der Waals surface area contributed by atoms with Crippen LogP contribution < -0.4 is 5.32 Å². The van der Waals surface area contributed by atoms with Crippen molar-refractivity contribution in [3.63, 3.8) is 0 Å². The number of thiazole rings is 1. The molecule has 0 spiro atoms. The van der Waals surface area contributed by atoms with Gasteiger partial charge in [-0.3, -0.25) is 4.79 Å². The van der Waals surface area contributed by atoms with Crippen LogP contribution in [0.4, 0.5) is 5.69 Å². The minimum absolute atomic E-state index is 0.259. The largest absolute Gasteiger partial charge is 0.451 e. The highest BCUT2D eigenvalue weighted by molar-refractivity contribution is 7.18. The van der Waals surface area contributed by atoms with Crippen molar-refractivity contribution in [1.82, 2.24) is 4.98 Å². The number of aromatic nitrogens is 1. The molecule has 114 valence electrons. The van der Waals surface area contributed by atoms with Crippen LogP contribution in [0, 0.1) is 13.8 Å². The van der Waals surface area contributed by atoms with Gasteiger partial charge in [-0.1, -0.05) is 12.1 Å². The number of hydrogen-bond acceptors (Lipinski definition) is 4. The Morgan fingerprint density at radius 3 is 2.87 bits per heavy atom. The smallest absolute Gasteiger partial charge is 0.291 e. The Kier molecular flexibility index (Phi) is 3.16. The Morgan fingerprint density at radius 1 is 1.13 bits per heavy atom. The van der Waals surface area contributed by atoms with Crippen molar-refractivity contribution in [1.29, 1.82) is 0 Å². The summed E-state index contributed by atoms with van der Waals surface area (Å²) in [4.78, 5) is 16.8. The topological polar surface area (TPSA) is 55.1 Å². The maximum Gasteiger partial charge on any atom is 0.291 e. The molecule has 0 aliphatic heterocycles. The molecule has 23 heavy (non-hydrogen) atoms. The van der Waals surface area contributed by atoms with Crippen LogP contribution in [0.1, 0.15) is 21.1 Å². The highest BCUT2D eigenvalue weighted by atomic mass is 32.1. The van der Waals surface area contributed by atoms with Gasteiger partial charge in [-0.15, -0.1) is 11.3 Å². The zero-order valence-corrected chi connectivity index (χ0v) is 13.5. The third-order valence-corrected chi connectivity index (χ3v) is 4.60. The van der Waals surface area contributed by atoms with Crippen LogP contribution in [0.2, 0.25) is 0 Å². The van der Waals surface area contributed by atoms with Gasteiger partial charge in [0, 0.05) is 11.1 Å². The molecule has 0 radical (unpaired) electrons. The Morgan fingerprint density at radius 2 is 2.00 bits per heavy atom. The van der Waals surface area contributed by atoms with Crippen molar-refractivity contribution in [3.05, 3.63) is 58.8 Å². The number of benzene rings is 2. The lowest BCUT2D eigenvalue weighted by Gasteiger charge is -2.02. The molecule has 1 amide bonds. The van der Waals surface area contributed by atoms with Crippen LogP contribution in [0.15, 0.2) is 46.9 Å². The lowest BCUT2D eigenvalue weighted by atomic mass is 10.2. The molecule has 0 fully saturated rings. The van der Waals surface area contributed by atoms with E-state index in [0.717, 1.165) is 31.8 Å². The maximum absolute atomic E-state index is 12.4. The zero-order valence-electron chi connectivity index (χ0n) is 12.7.